The van der Waals surface area contributed by atoms with Gasteiger partial charge in [0.2, 0.25) is 0 Å². The Morgan fingerprint density at radius 1 is 0.933 bits per heavy atom. The van der Waals surface area contributed by atoms with Crippen LogP contribution in [0.1, 0.15) is 42.5 Å². The molecule has 160 valence electrons. The van der Waals surface area contributed by atoms with Gasteiger partial charge in [0.05, 0.1) is 19.8 Å². The van der Waals surface area contributed by atoms with Crippen LogP contribution in [-0.4, -0.2) is 38.8 Å². The number of amides is 1. The van der Waals surface area contributed by atoms with Crippen molar-refractivity contribution in [3.63, 3.8) is 0 Å². The second kappa shape index (κ2) is 10.5. The Labute approximate surface area is 176 Å². The number of nitrogens with one attached hydrogen (secondary N) is 1. The van der Waals surface area contributed by atoms with E-state index >= 15 is 0 Å². The molecular formula is C23H27NO6. The largest absolute Gasteiger partial charge is 0.497 e. The molecule has 2 aromatic rings. The lowest BCUT2D eigenvalue weighted by Gasteiger charge is -2.22. The topological polar surface area (TPSA) is 83.1 Å². The minimum Gasteiger partial charge on any atom is -0.497 e. The first kappa shape index (κ1) is 21.5. The first-order valence-electron chi connectivity index (χ1n) is 10.0. The van der Waals surface area contributed by atoms with Crippen molar-refractivity contribution in [1.29, 1.82) is 0 Å². The molecule has 1 saturated carbocycles. The van der Waals surface area contributed by atoms with Crippen molar-refractivity contribution in [3.05, 3.63) is 48.0 Å². The predicted molar refractivity (Wildman–Crippen MR) is 112 cm³/mol. The minimum absolute atomic E-state index is 0.0187. The zero-order chi connectivity index (χ0) is 21.3. The smallest absolute Gasteiger partial charge is 0.338 e. The van der Waals surface area contributed by atoms with Gasteiger partial charge >= 0.3 is 5.97 Å². The van der Waals surface area contributed by atoms with Crippen LogP contribution < -0.4 is 19.5 Å². The van der Waals surface area contributed by atoms with Crippen LogP contribution in [0.2, 0.25) is 0 Å². The van der Waals surface area contributed by atoms with Gasteiger partial charge in [-0.25, -0.2) is 4.79 Å². The maximum absolute atomic E-state index is 12.4. The van der Waals surface area contributed by atoms with Crippen molar-refractivity contribution in [1.82, 2.24) is 0 Å². The van der Waals surface area contributed by atoms with Crippen molar-refractivity contribution < 1.29 is 28.5 Å². The molecule has 0 saturated heterocycles. The molecule has 0 radical (unpaired) electrons. The fourth-order valence-corrected chi connectivity index (χ4v) is 3.33. The normalized spacial score (nSPS) is 13.9. The third kappa shape index (κ3) is 5.89. The van der Waals surface area contributed by atoms with Crippen LogP contribution in [0.15, 0.2) is 42.5 Å². The molecular weight excluding hydrogens is 386 g/mol. The first-order chi connectivity index (χ1) is 14.6. The molecule has 1 aliphatic carbocycles. The molecule has 1 aliphatic rings. The van der Waals surface area contributed by atoms with Gasteiger partial charge in [-0.15, -0.1) is 0 Å². The van der Waals surface area contributed by atoms with Gasteiger partial charge in [0.15, 0.2) is 18.1 Å². The molecule has 7 nitrogen and oxygen atoms in total. The summed E-state index contributed by atoms with van der Waals surface area (Å²) in [5, 5.41) is 2.74. The summed E-state index contributed by atoms with van der Waals surface area (Å²) in [5.74, 6) is 0.755. The fourth-order valence-electron chi connectivity index (χ4n) is 3.33. The third-order valence-corrected chi connectivity index (χ3v) is 4.96. The minimum atomic E-state index is -0.371. The van der Waals surface area contributed by atoms with Crippen molar-refractivity contribution in [2.45, 2.75) is 38.2 Å². The maximum atomic E-state index is 12.4. The Kier molecular flexibility index (Phi) is 7.54. The molecule has 0 spiro atoms. The Hall–Kier alpha value is -3.22. The van der Waals surface area contributed by atoms with E-state index in [0.29, 0.717) is 28.5 Å². The van der Waals surface area contributed by atoms with Crippen molar-refractivity contribution >= 4 is 17.6 Å². The number of benzene rings is 2. The lowest BCUT2D eigenvalue weighted by atomic mass is 9.98. The first-order valence-corrected chi connectivity index (χ1v) is 10.0. The summed E-state index contributed by atoms with van der Waals surface area (Å²) in [5.41, 5.74) is 1.03. The molecule has 7 heteroatoms. The number of carbonyl (C=O) groups excluding carboxylic acids is 2. The molecule has 30 heavy (non-hydrogen) atoms. The molecule has 0 heterocycles. The summed E-state index contributed by atoms with van der Waals surface area (Å²) in [4.78, 5) is 24.6. The van der Waals surface area contributed by atoms with Crippen LogP contribution in [0.25, 0.3) is 0 Å². The molecule has 1 fully saturated rings. The number of ether oxygens (including phenoxy) is 4. The van der Waals surface area contributed by atoms with Crippen LogP contribution in [0.4, 0.5) is 5.69 Å². The van der Waals surface area contributed by atoms with Gasteiger partial charge in [0.1, 0.15) is 11.9 Å². The van der Waals surface area contributed by atoms with Gasteiger partial charge < -0.3 is 24.3 Å². The molecule has 1 N–H and O–H groups in total. The Morgan fingerprint density at radius 3 is 2.33 bits per heavy atom. The van der Waals surface area contributed by atoms with E-state index in [4.69, 9.17) is 18.9 Å². The van der Waals surface area contributed by atoms with E-state index in [1.807, 2.05) is 0 Å². The van der Waals surface area contributed by atoms with E-state index in [2.05, 4.69) is 5.32 Å². The zero-order valence-electron chi connectivity index (χ0n) is 17.3. The average molecular weight is 413 g/mol. The Bertz CT molecular complexity index is 858. The molecule has 1 amide bonds. The van der Waals surface area contributed by atoms with Gasteiger partial charge in [-0.1, -0.05) is 6.42 Å². The summed E-state index contributed by atoms with van der Waals surface area (Å²) in [6, 6.07) is 11.8. The van der Waals surface area contributed by atoms with E-state index in [9.17, 15) is 9.59 Å². The molecule has 3 rings (SSSR count). The van der Waals surface area contributed by atoms with Gasteiger partial charge in [0.25, 0.3) is 5.91 Å². The molecule has 0 bridgehead atoms. The van der Waals surface area contributed by atoms with Crippen LogP contribution in [0.5, 0.6) is 17.2 Å². The van der Waals surface area contributed by atoms with E-state index < -0.39 is 0 Å². The number of rotatable bonds is 8. The fraction of sp³-hybridized carbons (Fsp3) is 0.391. The molecule has 0 aromatic heterocycles. The number of hydrogen-bond acceptors (Lipinski definition) is 6. The lowest BCUT2D eigenvalue weighted by molar-refractivity contribution is -0.118. The molecule has 2 aromatic carbocycles. The summed E-state index contributed by atoms with van der Waals surface area (Å²) < 4.78 is 21.6. The van der Waals surface area contributed by atoms with Crippen LogP contribution in [0.3, 0.4) is 0 Å². The van der Waals surface area contributed by atoms with Gasteiger partial charge in [-0.05, 0) is 68.1 Å². The van der Waals surface area contributed by atoms with Crippen molar-refractivity contribution in [2.75, 3.05) is 26.1 Å². The predicted octanol–water partition coefficient (Wildman–Crippen LogP) is 4.21. The highest BCUT2D eigenvalue weighted by Crippen LogP contribution is 2.29. The van der Waals surface area contributed by atoms with E-state index in [0.717, 1.165) is 25.7 Å². The van der Waals surface area contributed by atoms with Crippen LogP contribution in [0, 0.1) is 0 Å². The SMILES string of the molecule is COc1ccc(NC(=O)COc2ccc(C(=O)OC3CCCCC3)cc2OC)cc1. The highest BCUT2D eigenvalue weighted by Gasteiger charge is 2.20. The summed E-state index contributed by atoms with van der Waals surface area (Å²) in [6.45, 7) is -0.200. The highest BCUT2D eigenvalue weighted by molar-refractivity contribution is 5.92. The van der Waals surface area contributed by atoms with Crippen LogP contribution in [-0.2, 0) is 9.53 Å². The zero-order valence-corrected chi connectivity index (χ0v) is 17.3. The Morgan fingerprint density at radius 2 is 1.67 bits per heavy atom. The number of methoxy groups -OCH3 is 2. The van der Waals surface area contributed by atoms with E-state index in [1.165, 1.54) is 13.5 Å². The molecule has 0 aliphatic heterocycles. The number of esters is 1. The second-order valence-electron chi connectivity index (χ2n) is 7.10. The van der Waals surface area contributed by atoms with Crippen molar-refractivity contribution in [2.24, 2.45) is 0 Å². The molecule has 0 atom stereocenters. The van der Waals surface area contributed by atoms with Gasteiger partial charge in [0, 0.05) is 5.69 Å². The third-order valence-electron chi connectivity index (χ3n) is 4.96. The maximum Gasteiger partial charge on any atom is 0.338 e. The summed E-state index contributed by atoms with van der Waals surface area (Å²) in [6.07, 6.45) is 5.18. The average Bonchev–Trinajstić information content (AvgIpc) is 2.78. The van der Waals surface area contributed by atoms with E-state index in [-0.39, 0.29) is 24.6 Å². The number of anilines is 1. The number of carbonyl (C=O) groups is 2. The monoisotopic (exact) mass is 413 g/mol. The highest BCUT2D eigenvalue weighted by atomic mass is 16.5. The van der Waals surface area contributed by atoms with Gasteiger partial charge in [-0.3, -0.25) is 4.79 Å². The molecule has 0 unspecified atom stereocenters. The summed E-state index contributed by atoms with van der Waals surface area (Å²) in [7, 11) is 3.06. The number of hydrogen-bond donors (Lipinski definition) is 1. The van der Waals surface area contributed by atoms with Gasteiger partial charge in [-0.2, -0.15) is 0 Å². The standard InChI is InChI=1S/C23H27NO6/c1-27-18-11-9-17(10-12-18)24-22(25)15-29-20-13-8-16(14-21(20)28-2)23(26)30-19-6-4-3-5-7-19/h8-14,19H,3-7,15H2,1-2H3,(H,24,25). The second-order valence-corrected chi connectivity index (χ2v) is 7.10. The quantitative estimate of drug-likeness (QED) is 0.653. The Balaban J connectivity index is 1.56. The van der Waals surface area contributed by atoms with Crippen LogP contribution >= 0.6 is 0 Å². The summed E-state index contributed by atoms with van der Waals surface area (Å²) >= 11 is 0. The van der Waals surface area contributed by atoms with E-state index in [1.54, 1.807) is 49.6 Å². The lowest BCUT2D eigenvalue weighted by Crippen LogP contribution is -2.21. The van der Waals surface area contributed by atoms with Crippen molar-refractivity contribution in [3.8, 4) is 17.2 Å².